The molecule has 0 amide bonds. The van der Waals surface area contributed by atoms with Gasteiger partial charge in [0.15, 0.2) is 0 Å². The zero-order valence-corrected chi connectivity index (χ0v) is 11.3. The number of hydrogen-bond donors (Lipinski definition) is 1. The summed E-state index contributed by atoms with van der Waals surface area (Å²) in [7, 11) is 0. The highest BCUT2D eigenvalue weighted by Gasteiger charge is 2.16. The fourth-order valence-corrected chi connectivity index (χ4v) is 1.35. The molecule has 114 valence electrons. The highest BCUT2D eigenvalue weighted by molar-refractivity contribution is 6.40. The molecule has 0 aliphatic rings. The first-order chi connectivity index (χ1) is 10.1. The maximum absolute atomic E-state index is 11.6. The third-order valence-electron chi connectivity index (χ3n) is 2.28. The van der Waals surface area contributed by atoms with Gasteiger partial charge in [-0.3, -0.25) is 4.79 Å². The fourth-order valence-electron chi connectivity index (χ4n) is 1.35. The second-order valence-electron chi connectivity index (χ2n) is 3.89. The standard InChI is InChI=1S/C14H16O7/c15-12(16)10-20-7-6-19-8-9-21-14(18)13(17)11-4-2-1-3-5-11/h1-5H,6-10H2,(H,15,16). The molecule has 0 bridgehead atoms. The minimum atomic E-state index is -1.05. The molecule has 0 saturated heterocycles. The molecule has 1 N–H and O–H groups in total. The molecule has 1 rings (SSSR count). The van der Waals surface area contributed by atoms with Crippen LogP contribution in [0.25, 0.3) is 0 Å². The lowest BCUT2D eigenvalue weighted by molar-refractivity contribution is -0.143. The van der Waals surface area contributed by atoms with E-state index >= 15 is 0 Å². The minimum Gasteiger partial charge on any atom is -0.480 e. The van der Waals surface area contributed by atoms with E-state index in [2.05, 4.69) is 0 Å². The number of benzene rings is 1. The van der Waals surface area contributed by atoms with Gasteiger partial charge in [0.05, 0.1) is 19.8 Å². The molecule has 21 heavy (non-hydrogen) atoms. The van der Waals surface area contributed by atoms with Crippen molar-refractivity contribution in [2.75, 3.05) is 33.0 Å². The Bertz CT molecular complexity index is 469. The van der Waals surface area contributed by atoms with Crippen LogP contribution in [0.3, 0.4) is 0 Å². The molecular formula is C14H16O7. The van der Waals surface area contributed by atoms with E-state index in [9.17, 15) is 14.4 Å². The van der Waals surface area contributed by atoms with Crippen molar-refractivity contribution in [3.8, 4) is 0 Å². The molecule has 0 aliphatic heterocycles. The zero-order valence-electron chi connectivity index (χ0n) is 11.3. The second kappa shape index (κ2) is 9.62. The summed E-state index contributed by atoms with van der Waals surface area (Å²) < 4.78 is 14.5. The van der Waals surface area contributed by atoms with Gasteiger partial charge in [-0.1, -0.05) is 30.3 Å². The van der Waals surface area contributed by atoms with E-state index in [1.54, 1.807) is 18.2 Å². The molecule has 0 aromatic heterocycles. The van der Waals surface area contributed by atoms with Crippen LogP contribution < -0.4 is 0 Å². The second-order valence-corrected chi connectivity index (χ2v) is 3.89. The molecule has 0 aliphatic carbocycles. The SMILES string of the molecule is O=C(O)COCCOCCOC(=O)C(=O)c1ccccc1. The van der Waals surface area contributed by atoms with Crippen LogP contribution in [0.1, 0.15) is 10.4 Å². The van der Waals surface area contributed by atoms with Crippen LogP contribution in [0, 0.1) is 0 Å². The third-order valence-corrected chi connectivity index (χ3v) is 2.28. The van der Waals surface area contributed by atoms with E-state index in [1.165, 1.54) is 12.1 Å². The van der Waals surface area contributed by atoms with Crippen molar-refractivity contribution in [1.29, 1.82) is 0 Å². The highest BCUT2D eigenvalue weighted by atomic mass is 16.6. The number of hydrogen-bond acceptors (Lipinski definition) is 6. The average Bonchev–Trinajstić information content (AvgIpc) is 2.49. The predicted molar refractivity (Wildman–Crippen MR) is 71.0 cm³/mol. The number of carbonyl (C=O) groups excluding carboxylic acids is 2. The van der Waals surface area contributed by atoms with Gasteiger partial charge < -0.3 is 19.3 Å². The Kier molecular flexibility index (Phi) is 7.70. The van der Waals surface area contributed by atoms with Gasteiger partial charge in [-0.05, 0) is 0 Å². The van der Waals surface area contributed by atoms with Gasteiger partial charge in [-0.25, -0.2) is 9.59 Å². The number of carbonyl (C=O) groups is 3. The monoisotopic (exact) mass is 296 g/mol. The van der Waals surface area contributed by atoms with Crippen LogP contribution in [0.2, 0.25) is 0 Å². The third kappa shape index (κ3) is 7.19. The van der Waals surface area contributed by atoms with Crippen LogP contribution in [0.4, 0.5) is 0 Å². The van der Waals surface area contributed by atoms with Gasteiger partial charge >= 0.3 is 11.9 Å². The average molecular weight is 296 g/mol. The Hall–Kier alpha value is -2.25. The molecule has 7 nitrogen and oxygen atoms in total. The Morgan fingerprint density at radius 3 is 2.19 bits per heavy atom. The molecule has 0 atom stereocenters. The molecule has 0 heterocycles. The number of ether oxygens (including phenoxy) is 3. The van der Waals surface area contributed by atoms with Gasteiger partial charge in [0.25, 0.3) is 5.78 Å². The normalized spacial score (nSPS) is 10.1. The van der Waals surface area contributed by atoms with Crippen LogP contribution in [-0.4, -0.2) is 55.9 Å². The van der Waals surface area contributed by atoms with Crippen molar-refractivity contribution < 1.29 is 33.7 Å². The topological polar surface area (TPSA) is 99.1 Å². The zero-order chi connectivity index (χ0) is 15.5. The summed E-state index contributed by atoms with van der Waals surface area (Å²) in [4.78, 5) is 33.2. The Labute approximate surface area is 121 Å². The van der Waals surface area contributed by atoms with Crippen molar-refractivity contribution in [2.45, 2.75) is 0 Å². The lowest BCUT2D eigenvalue weighted by Gasteiger charge is -2.05. The maximum atomic E-state index is 11.6. The van der Waals surface area contributed by atoms with Crippen molar-refractivity contribution in [1.82, 2.24) is 0 Å². The molecular weight excluding hydrogens is 280 g/mol. The summed E-state index contributed by atoms with van der Waals surface area (Å²) in [6.45, 7) is -0.0366. The highest BCUT2D eigenvalue weighted by Crippen LogP contribution is 2.01. The molecule has 1 aromatic rings. The summed E-state index contributed by atoms with van der Waals surface area (Å²) in [5.74, 6) is -2.70. The summed E-state index contributed by atoms with van der Waals surface area (Å²) in [6, 6.07) is 8.10. The van der Waals surface area contributed by atoms with E-state index in [1.807, 2.05) is 0 Å². The van der Waals surface area contributed by atoms with Crippen LogP contribution in [0.5, 0.6) is 0 Å². The van der Waals surface area contributed by atoms with E-state index in [-0.39, 0.29) is 38.6 Å². The number of aliphatic carboxylic acids is 1. The van der Waals surface area contributed by atoms with E-state index < -0.39 is 17.7 Å². The first kappa shape index (κ1) is 16.8. The van der Waals surface area contributed by atoms with E-state index in [4.69, 9.17) is 19.3 Å². The summed E-state index contributed by atoms with van der Waals surface area (Å²) in [5.41, 5.74) is 0.269. The molecule has 0 radical (unpaired) electrons. The number of Topliss-reactive ketones (excluding diaryl/α,β-unsaturated/α-hetero) is 1. The van der Waals surface area contributed by atoms with Crippen molar-refractivity contribution in [3.63, 3.8) is 0 Å². The molecule has 0 saturated carbocycles. The lowest BCUT2D eigenvalue weighted by Crippen LogP contribution is -2.20. The Morgan fingerprint density at radius 2 is 1.52 bits per heavy atom. The quantitative estimate of drug-likeness (QED) is 0.291. The summed E-state index contributed by atoms with van der Waals surface area (Å²) in [6.07, 6.45) is 0. The van der Waals surface area contributed by atoms with Crippen LogP contribution in [-0.2, 0) is 23.8 Å². The number of carboxylic acid groups (broad SMARTS) is 1. The predicted octanol–water partition coefficient (Wildman–Crippen LogP) is 0.530. The number of rotatable bonds is 10. The van der Waals surface area contributed by atoms with E-state index in [0.717, 1.165) is 0 Å². The summed E-state index contributed by atoms with van der Waals surface area (Å²) in [5, 5.41) is 8.31. The van der Waals surface area contributed by atoms with E-state index in [0.29, 0.717) is 0 Å². The Balaban J connectivity index is 2.09. The number of ketones is 1. The van der Waals surface area contributed by atoms with Gasteiger partial charge in [0.1, 0.15) is 13.2 Å². The van der Waals surface area contributed by atoms with Gasteiger partial charge in [-0.15, -0.1) is 0 Å². The number of esters is 1. The smallest absolute Gasteiger partial charge is 0.379 e. The molecule has 1 aromatic carbocycles. The fraction of sp³-hybridized carbons (Fsp3) is 0.357. The number of carboxylic acids is 1. The van der Waals surface area contributed by atoms with Crippen molar-refractivity contribution in [2.24, 2.45) is 0 Å². The van der Waals surface area contributed by atoms with Crippen LogP contribution >= 0.6 is 0 Å². The summed E-state index contributed by atoms with van der Waals surface area (Å²) >= 11 is 0. The molecule has 0 fully saturated rings. The first-order valence-corrected chi connectivity index (χ1v) is 6.25. The minimum absolute atomic E-state index is 0.0592. The van der Waals surface area contributed by atoms with Gasteiger partial charge in [-0.2, -0.15) is 0 Å². The van der Waals surface area contributed by atoms with Crippen molar-refractivity contribution in [3.05, 3.63) is 35.9 Å². The first-order valence-electron chi connectivity index (χ1n) is 6.25. The maximum Gasteiger partial charge on any atom is 0.379 e. The van der Waals surface area contributed by atoms with Gasteiger partial charge in [0, 0.05) is 5.56 Å². The Morgan fingerprint density at radius 1 is 0.905 bits per heavy atom. The molecule has 0 spiro atoms. The molecule has 0 unspecified atom stereocenters. The molecule has 7 heteroatoms. The largest absolute Gasteiger partial charge is 0.480 e. The van der Waals surface area contributed by atoms with Gasteiger partial charge in [0.2, 0.25) is 0 Å². The van der Waals surface area contributed by atoms with Crippen molar-refractivity contribution >= 4 is 17.7 Å². The van der Waals surface area contributed by atoms with Crippen LogP contribution in [0.15, 0.2) is 30.3 Å². The lowest BCUT2D eigenvalue weighted by atomic mass is 10.1.